The zero-order valence-corrected chi connectivity index (χ0v) is 7.43. The molecule has 0 aromatic rings. The number of rotatable bonds is 4. The first kappa shape index (κ1) is 16.2. The molecule has 0 atom stereocenters. The van der Waals surface area contributed by atoms with Gasteiger partial charge in [0.25, 0.3) is 0 Å². The summed E-state index contributed by atoms with van der Waals surface area (Å²) < 4.78 is 121. The van der Waals surface area contributed by atoms with Gasteiger partial charge in [0, 0.05) is 0 Å². The standard InChI is InChI=1S/C5H4F10N2/c6-1(7,2(8,9)4(12,13)16)3(10,11)5(14,15)17/h16-17H2. The fraction of sp³-hybridized carbons (Fsp3) is 1.00. The van der Waals surface area contributed by atoms with Gasteiger partial charge in [0.15, 0.2) is 0 Å². The van der Waals surface area contributed by atoms with Crippen LogP contribution in [0.4, 0.5) is 43.9 Å². The van der Waals surface area contributed by atoms with E-state index >= 15 is 0 Å². The predicted octanol–water partition coefficient (Wildman–Crippen LogP) is 2.00. The molecule has 0 spiro atoms. The Kier molecular flexibility index (Phi) is 3.44. The number of hydrogen-bond donors (Lipinski definition) is 2. The summed E-state index contributed by atoms with van der Waals surface area (Å²) in [6.45, 7) is 0. The van der Waals surface area contributed by atoms with Crippen molar-refractivity contribution in [2.75, 3.05) is 0 Å². The van der Waals surface area contributed by atoms with Gasteiger partial charge < -0.3 is 0 Å². The van der Waals surface area contributed by atoms with Crippen LogP contribution in [-0.2, 0) is 0 Å². The summed E-state index contributed by atoms with van der Waals surface area (Å²) in [5.74, 6) is -21.0. The Balaban J connectivity index is 5.73. The van der Waals surface area contributed by atoms with E-state index in [-0.39, 0.29) is 0 Å². The highest BCUT2D eigenvalue weighted by atomic mass is 19.4. The summed E-state index contributed by atoms with van der Waals surface area (Å²) in [6.07, 6.45) is 0. The average Bonchev–Trinajstić information content (AvgIpc) is 1.98. The van der Waals surface area contributed by atoms with Gasteiger partial charge in [-0.2, -0.15) is 43.9 Å². The summed E-state index contributed by atoms with van der Waals surface area (Å²) in [6, 6.07) is -12.3. The molecule has 0 fully saturated rings. The van der Waals surface area contributed by atoms with E-state index in [9.17, 15) is 43.9 Å². The SMILES string of the molecule is NC(F)(F)C(F)(F)C(F)(F)C(F)(F)C(N)(F)F. The molecule has 0 radical (unpaired) electrons. The van der Waals surface area contributed by atoms with Gasteiger partial charge in [0.2, 0.25) is 0 Å². The van der Waals surface area contributed by atoms with Gasteiger partial charge in [-0.15, -0.1) is 0 Å². The third-order valence-electron chi connectivity index (χ3n) is 1.63. The Morgan fingerprint density at radius 2 is 0.588 bits per heavy atom. The summed E-state index contributed by atoms with van der Waals surface area (Å²) >= 11 is 0. The molecule has 0 aromatic heterocycles. The number of hydrogen-bond acceptors (Lipinski definition) is 2. The Hall–Kier alpha value is -0.780. The molecule has 0 aliphatic heterocycles. The molecule has 0 heterocycles. The number of halogens is 10. The van der Waals surface area contributed by atoms with Crippen LogP contribution >= 0.6 is 0 Å². The second-order valence-corrected chi connectivity index (χ2v) is 2.97. The monoisotopic (exact) mass is 282 g/mol. The van der Waals surface area contributed by atoms with E-state index in [0.717, 1.165) is 0 Å². The van der Waals surface area contributed by atoms with Gasteiger partial charge in [-0.1, -0.05) is 0 Å². The van der Waals surface area contributed by atoms with Crippen LogP contribution in [-0.4, -0.2) is 29.9 Å². The van der Waals surface area contributed by atoms with Crippen molar-refractivity contribution in [2.45, 2.75) is 29.9 Å². The zero-order valence-electron chi connectivity index (χ0n) is 7.43. The van der Waals surface area contributed by atoms with Crippen molar-refractivity contribution in [2.24, 2.45) is 11.5 Å². The molecular formula is C5H4F10N2. The quantitative estimate of drug-likeness (QED) is 0.612. The number of nitrogens with two attached hydrogens (primary N) is 2. The van der Waals surface area contributed by atoms with E-state index in [2.05, 4.69) is 11.5 Å². The van der Waals surface area contributed by atoms with Crippen LogP contribution in [0, 0.1) is 0 Å². The Morgan fingerprint density at radius 3 is 0.706 bits per heavy atom. The fourth-order valence-electron chi connectivity index (χ4n) is 0.616. The van der Waals surface area contributed by atoms with Gasteiger partial charge in [0.1, 0.15) is 0 Å². The molecule has 17 heavy (non-hydrogen) atoms. The van der Waals surface area contributed by atoms with Crippen LogP contribution < -0.4 is 11.5 Å². The van der Waals surface area contributed by atoms with E-state index in [1.165, 1.54) is 0 Å². The maximum Gasteiger partial charge on any atom is 0.392 e. The molecule has 12 heteroatoms. The van der Waals surface area contributed by atoms with Crippen LogP contribution in [0.5, 0.6) is 0 Å². The smallest absolute Gasteiger partial charge is 0.267 e. The van der Waals surface area contributed by atoms with E-state index in [1.54, 1.807) is 0 Å². The maximum absolute atomic E-state index is 12.4. The molecule has 104 valence electrons. The number of alkyl halides is 10. The second-order valence-electron chi connectivity index (χ2n) is 2.97. The molecular weight excluding hydrogens is 278 g/mol. The summed E-state index contributed by atoms with van der Waals surface area (Å²) in [5, 5.41) is 0. The lowest BCUT2D eigenvalue weighted by molar-refractivity contribution is -0.399. The van der Waals surface area contributed by atoms with Crippen molar-refractivity contribution in [3.05, 3.63) is 0 Å². The fourth-order valence-corrected chi connectivity index (χ4v) is 0.616. The summed E-state index contributed by atoms with van der Waals surface area (Å²) in [4.78, 5) is 0. The van der Waals surface area contributed by atoms with Crippen molar-refractivity contribution in [1.29, 1.82) is 0 Å². The summed E-state index contributed by atoms with van der Waals surface area (Å²) in [7, 11) is 0. The first-order valence-electron chi connectivity index (χ1n) is 3.47. The van der Waals surface area contributed by atoms with Crippen molar-refractivity contribution in [3.63, 3.8) is 0 Å². The van der Waals surface area contributed by atoms with Gasteiger partial charge in [-0.05, 0) is 0 Å². The molecule has 0 unspecified atom stereocenters. The first-order chi connectivity index (χ1) is 7.00. The molecule has 0 rings (SSSR count). The topological polar surface area (TPSA) is 52.0 Å². The van der Waals surface area contributed by atoms with Crippen molar-refractivity contribution < 1.29 is 43.9 Å². The minimum atomic E-state index is -7.16. The first-order valence-corrected chi connectivity index (χ1v) is 3.47. The third-order valence-corrected chi connectivity index (χ3v) is 1.63. The Bertz CT molecular complexity index is 258. The van der Waals surface area contributed by atoms with Gasteiger partial charge in [-0.3, -0.25) is 11.5 Å². The van der Waals surface area contributed by atoms with Crippen LogP contribution in [0.3, 0.4) is 0 Å². The normalized spacial score (nSPS) is 16.2. The molecule has 0 bridgehead atoms. The molecule has 0 saturated carbocycles. The lowest BCUT2D eigenvalue weighted by Crippen LogP contribution is -2.71. The molecule has 4 N–H and O–H groups in total. The zero-order chi connectivity index (χ0) is 14.5. The molecule has 0 aliphatic rings. The van der Waals surface area contributed by atoms with E-state index in [1.807, 2.05) is 0 Å². The van der Waals surface area contributed by atoms with Gasteiger partial charge in [-0.25, -0.2) is 0 Å². The highest BCUT2D eigenvalue weighted by Crippen LogP contribution is 2.54. The molecule has 0 amide bonds. The summed E-state index contributed by atoms with van der Waals surface area (Å²) in [5.41, 5.74) is 6.51. The molecule has 0 aliphatic carbocycles. The van der Waals surface area contributed by atoms with Crippen molar-refractivity contribution in [3.8, 4) is 0 Å². The highest BCUT2D eigenvalue weighted by Gasteiger charge is 2.85. The Morgan fingerprint density at radius 1 is 0.412 bits per heavy atom. The van der Waals surface area contributed by atoms with Crippen LogP contribution in [0.15, 0.2) is 0 Å². The van der Waals surface area contributed by atoms with Crippen LogP contribution in [0.1, 0.15) is 0 Å². The average molecular weight is 282 g/mol. The minimum Gasteiger partial charge on any atom is -0.267 e. The maximum atomic E-state index is 12.4. The predicted molar refractivity (Wildman–Crippen MR) is 33.1 cm³/mol. The third kappa shape index (κ3) is 2.14. The van der Waals surface area contributed by atoms with Crippen molar-refractivity contribution >= 4 is 0 Å². The molecule has 2 nitrogen and oxygen atoms in total. The minimum absolute atomic E-state index is 3.26. The highest BCUT2D eigenvalue weighted by molar-refractivity contribution is 5.05. The van der Waals surface area contributed by atoms with E-state index in [0.29, 0.717) is 0 Å². The second kappa shape index (κ2) is 3.60. The van der Waals surface area contributed by atoms with Gasteiger partial charge >= 0.3 is 29.9 Å². The lowest BCUT2D eigenvalue weighted by atomic mass is 10.0. The molecule has 0 aromatic carbocycles. The van der Waals surface area contributed by atoms with E-state index in [4.69, 9.17) is 0 Å². The van der Waals surface area contributed by atoms with Gasteiger partial charge in [0.05, 0.1) is 0 Å². The van der Waals surface area contributed by atoms with Crippen LogP contribution in [0.2, 0.25) is 0 Å². The van der Waals surface area contributed by atoms with Crippen LogP contribution in [0.25, 0.3) is 0 Å². The van der Waals surface area contributed by atoms with E-state index < -0.39 is 29.9 Å². The lowest BCUT2D eigenvalue weighted by Gasteiger charge is -2.36. The molecule has 0 saturated heterocycles. The largest absolute Gasteiger partial charge is 0.392 e. The Labute approximate surface area is 86.5 Å². The van der Waals surface area contributed by atoms with Crippen molar-refractivity contribution in [1.82, 2.24) is 0 Å².